The summed E-state index contributed by atoms with van der Waals surface area (Å²) in [5.74, 6) is 2.44. The molecule has 1 N–H and O–H groups in total. The minimum absolute atomic E-state index is 0.0580. The van der Waals surface area contributed by atoms with E-state index < -0.39 is 0 Å². The Labute approximate surface area is 153 Å². The van der Waals surface area contributed by atoms with Crippen molar-refractivity contribution < 1.29 is 23.7 Å². The molecular formula is C18H16BrNO5. The number of nitrogens with one attached hydrogen (secondary N) is 1. The number of hydrogen-bond acceptors (Lipinski definition) is 5. The quantitative estimate of drug-likeness (QED) is 0.843. The van der Waals surface area contributed by atoms with E-state index in [0.717, 1.165) is 15.6 Å². The molecule has 2 aliphatic heterocycles. The Kier molecular flexibility index (Phi) is 3.95. The Morgan fingerprint density at radius 1 is 1.12 bits per heavy atom. The first kappa shape index (κ1) is 16.1. The Morgan fingerprint density at radius 3 is 2.60 bits per heavy atom. The van der Waals surface area contributed by atoms with Gasteiger partial charge in [0.2, 0.25) is 12.7 Å². The standard InChI is InChI=1S/C18H16BrNO5/c1-22-9-3-13-18(16(4-9)23-2)11(6-17(21)20-13)10-5-14-15(7-12(10)19)25-8-24-14/h3-5,7,11H,6,8H2,1-2H3,(H,20,21)/t11-/m1/s1. The van der Waals surface area contributed by atoms with Gasteiger partial charge in [0.15, 0.2) is 11.5 Å². The summed E-state index contributed by atoms with van der Waals surface area (Å²) in [5, 5.41) is 2.91. The van der Waals surface area contributed by atoms with Crippen molar-refractivity contribution in [2.24, 2.45) is 0 Å². The van der Waals surface area contributed by atoms with Crippen molar-refractivity contribution in [3.05, 3.63) is 39.9 Å². The number of anilines is 1. The monoisotopic (exact) mass is 405 g/mol. The number of rotatable bonds is 3. The molecule has 0 spiro atoms. The zero-order chi connectivity index (χ0) is 17.6. The van der Waals surface area contributed by atoms with Gasteiger partial charge in [0.05, 0.1) is 19.9 Å². The van der Waals surface area contributed by atoms with Crippen molar-refractivity contribution in [2.75, 3.05) is 26.3 Å². The zero-order valence-electron chi connectivity index (χ0n) is 13.7. The predicted molar refractivity (Wildman–Crippen MR) is 94.9 cm³/mol. The molecule has 0 radical (unpaired) electrons. The molecule has 0 aliphatic carbocycles. The summed E-state index contributed by atoms with van der Waals surface area (Å²) in [7, 11) is 3.19. The van der Waals surface area contributed by atoms with Gasteiger partial charge in [0.25, 0.3) is 0 Å². The highest BCUT2D eigenvalue weighted by molar-refractivity contribution is 9.10. The summed E-state index contributed by atoms with van der Waals surface area (Å²) in [6, 6.07) is 7.43. The minimum Gasteiger partial charge on any atom is -0.497 e. The van der Waals surface area contributed by atoms with Crippen LogP contribution in [-0.4, -0.2) is 26.9 Å². The number of hydrogen-bond donors (Lipinski definition) is 1. The lowest BCUT2D eigenvalue weighted by molar-refractivity contribution is -0.116. The Bertz CT molecular complexity index is 867. The average molecular weight is 406 g/mol. The summed E-state index contributed by atoms with van der Waals surface area (Å²) in [6.45, 7) is 0.202. The highest BCUT2D eigenvalue weighted by atomic mass is 79.9. The van der Waals surface area contributed by atoms with E-state index in [1.807, 2.05) is 24.3 Å². The lowest BCUT2D eigenvalue weighted by Crippen LogP contribution is -2.24. The molecule has 7 heteroatoms. The molecule has 0 fully saturated rings. The second-order valence-electron chi connectivity index (χ2n) is 5.82. The number of halogens is 1. The maximum atomic E-state index is 12.3. The summed E-state index contributed by atoms with van der Waals surface area (Å²) in [4.78, 5) is 12.3. The molecule has 130 valence electrons. The fraction of sp³-hybridized carbons (Fsp3) is 0.278. The van der Waals surface area contributed by atoms with E-state index >= 15 is 0 Å². The molecule has 25 heavy (non-hydrogen) atoms. The summed E-state index contributed by atoms with van der Waals surface area (Å²) >= 11 is 3.60. The second kappa shape index (κ2) is 6.15. The van der Waals surface area contributed by atoms with Crippen LogP contribution in [0.3, 0.4) is 0 Å². The number of methoxy groups -OCH3 is 2. The lowest BCUT2D eigenvalue weighted by atomic mass is 9.84. The summed E-state index contributed by atoms with van der Waals surface area (Å²) in [6.07, 6.45) is 0.313. The van der Waals surface area contributed by atoms with Crippen molar-refractivity contribution in [3.63, 3.8) is 0 Å². The van der Waals surface area contributed by atoms with Crippen molar-refractivity contribution in [3.8, 4) is 23.0 Å². The van der Waals surface area contributed by atoms with Crippen LogP contribution < -0.4 is 24.3 Å². The summed E-state index contributed by atoms with van der Waals surface area (Å²) in [5.41, 5.74) is 2.56. The van der Waals surface area contributed by atoms with Gasteiger partial charge in [-0.1, -0.05) is 15.9 Å². The second-order valence-corrected chi connectivity index (χ2v) is 6.68. The predicted octanol–water partition coefficient (Wildman–Crippen LogP) is 3.67. The fourth-order valence-electron chi connectivity index (χ4n) is 3.31. The topological polar surface area (TPSA) is 66.0 Å². The van der Waals surface area contributed by atoms with Gasteiger partial charge in [-0.05, 0) is 17.7 Å². The van der Waals surface area contributed by atoms with Crippen LogP contribution in [0.2, 0.25) is 0 Å². The number of fused-ring (bicyclic) bond motifs is 2. The van der Waals surface area contributed by atoms with Gasteiger partial charge in [0.1, 0.15) is 11.5 Å². The SMILES string of the molecule is COc1cc2c(c(OC)c1)[C@@H](c1cc3c(cc1Br)OCO3)CC(=O)N2. The van der Waals surface area contributed by atoms with Gasteiger partial charge in [-0.3, -0.25) is 4.79 Å². The van der Waals surface area contributed by atoms with Crippen molar-refractivity contribution in [1.82, 2.24) is 0 Å². The van der Waals surface area contributed by atoms with Crippen LogP contribution in [-0.2, 0) is 4.79 Å². The van der Waals surface area contributed by atoms with Crippen LogP contribution in [0.15, 0.2) is 28.7 Å². The van der Waals surface area contributed by atoms with E-state index in [0.29, 0.717) is 35.1 Å². The number of carbonyl (C=O) groups is 1. The van der Waals surface area contributed by atoms with Crippen molar-refractivity contribution >= 4 is 27.5 Å². The smallest absolute Gasteiger partial charge is 0.231 e. The number of amides is 1. The molecule has 2 aromatic carbocycles. The summed E-state index contributed by atoms with van der Waals surface area (Å²) < 4.78 is 22.7. The molecule has 0 saturated heterocycles. The Hall–Kier alpha value is -2.41. The molecule has 2 heterocycles. The Morgan fingerprint density at radius 2 is 1.88 bits per heavy atom. The fourth-order valence-corrected chi connectivity index (χ4v) is 3.90. The molecule has 0 unspecified atom stereocenters. The van der Waals surface area contributed by atoms with Crippen LogP contribution in [0.25, 0.3) is 0 Å². The average Bonchev–Trinajstić information content (AvgIpc) is 3.06. The van der Waals surface area contributed by atoms with Gasteiger partial charge in [0, 0.05) is 34.5 Å². The molecule has 4 rings (SSSR count). The molecule has 0 saturated carbocycles. The largest absolute Gasteiger partial charge is 0.497 e. The maximum absolute atomic E-state index is 12.3. The molecule has 6 nitrogen and oxygen atoms in total. The molecule has 0 bridgehead atoms. The highest BCUT2D eigenvalue weighted by Gasteiger charge is 2.33. The molecule has 2 aliphatic rings. The van der Waals surface area contributed by atoms with Gasteiger partial charge in [-0.25, -0.2) is 0 Å². The third kappa shape index (κ3) is 2.68. The lowest BCUT2D eigenvalue weighted by Gasteiger charge is -2.29. The van der Waals surface area contributed by atoms with Gasteiger partial charge < -0.3 is 24.3 Å². The van der Waals surface area contributed by atoms with Crippen LogP contribution in [0, 0.1) is 0 Å². The normalized spacial score (nSPS) is 17.7. The van der Waals surface area contributed by atoms with Crippen LogP contribution in [0.5, 0.6) is 23.0 Å². The number of carbonyl (C=O) groups excluding carboxylic acids is 1. The van der Waals surface area contributed by atoms with Crippen LogP contribution in [0.4, 0.5) is 5.69 Å². The molecular weight excluding hydrogens is 390 g/mol. The molecule has 1 amide bonds. The van der Waals surface area contributed by atoms with E-state index in [9.17, 15) is 4.79 Å². The number of ether oxygens (including phenoxy) is 4. The molecule has 1 atom stereocenters. The first-order valence-electron chi connectivity index (χ1n) is 7.75. The number of benzene rings is 2. The molecule has 0 aromatic heterocycles. The Balaban J connectivity index is 1.89. The third-order valence-corrected chi connectivity index (χ3v) is 5.14. The van der Waals surface area contributed by atoms with Gasteiger partial charge in [-0.15, -0.1) is 0 Å². The van der Waals surface area contributed by atoms with Crippen molar-refractivity contribution in [1.29, 1.82) is 0 Å². The van der Waals surface area contributed by atoms with E-state index in [1.165, 1.54) is 0 Å². The van der Waals surface area contributed by atoms with Gasteiger partial charge >= 0.3 is 0 Å². The van der Waals surface area contributed by atoms with E-state index in [1.54, 1.807) is 14.2 Å². The maximum Gasteiger partial charge on any atom is 0.231 e. The first-order chi connectivity index (χ1) is 12.1. The van der Waals surface area contributed by atoms with Crippen LogP contribution >= 0.6 is 15.9 Å². The van der Waals surface area contributed by atoms with Crippen molar-refractivity contribution in [2.45, 2.75) is 12.3 Å². The van der Waals surface area contributed by atoms with E-state index in [2.05, 4.69) is 21.2 Å². The third-order valence-electron chi connectivity index (χ3n) is 4.45. The van der Waals surface area contributed by atoms with Gasteiger partial charge in [-0.2, -0.15) is 0 Å². The first-order valence-corrected chi connectivity index (χ1v) is 8.55. The van der Waals surface area contributed by atoms with E-state index in [4.69, 9.17) is 18.9 Å². The van der Waals surface area contributed by atoms with E-state index in [-0.39, 0.29) is 18.6 Å². The highest BCUT2D eigenvalue weighted by Crippen LogP contribution is 2.48. The zero-order valence-corrected chi connectivity index (χ0v) is 15.3. The molecule has 2 aromatic rings. The van der Waals surface area contributed by atoms with Crippen LogP contribution in [0.1, 0.15) is 23.5 Å². The minimum atomic E-state index is -0.173.